The largest absolute Gasteiger partial charge is 0.335 e. The molecule has 0 bridgehead atoms. The van der Waals surface area contributed by atoms with Crippen LogP contribution in [0.15, 0.2) is 6.07 Å². The summed E-state index contributed by atoms with van der Waals surface area (Å²) < 4.78 is 1.91. The van der Waals surface area contributed by atoms with Crippen LogP contribution in [-0.2, 0) is 32.9 Å². The summed E-state index contributed by atoms with van der Waals surface area (Å²) in [6.45, 7) is 8.63. The van der Waals surface area contributed by atoms with E-state index in [0.717, 1.165) is 35.5 Å². The Balaban J connectivity index is 1.89. The van der Waals surface area contributed by atoms with Crippen LogP contribution in [0.1, 0.15) is 49.1 Å². The average molecular weight is 332 g/mol. The fraction of sp³-hybridized carbons (Fsp3) is 0.588. The van der Waals surface area contributed by atoms with Crippen LogP contribution in [-0.4, -0.2) is 32.1 Å². The number of carbonyl (C=O) groups excluding carboxylic acids is 1. The lowest BCUT2D eigenvalue weighted by molar-refractivity contribution is 0.237. The van der Waals surface area contributed by atoms with Gasteiger partial charge in [0.1, 0.15) is 0 Å². The number of rotatable bonds is 7. The molecule has 0 aromatic carbocycles. The molecule has 2 aromatic rings. The number of hydrogen-bond donors (Lipinski definition) is 3. The van der Waals surface area contributed by atoms with Gasteiger partial charge in [-0.1, -0.05) is 13.8 Å². The van der Waals surface area contributed by atoms with E-state index in [9.17, 15) is 4.79 Å². The number of aromatic amines is 1. The molecule has 7 nitrogen and oxygen atoms in total. The van der Waals surface area contributed by atoms with Gasteiger partial charge in [0.05, 0.1) is 11.4 Å². The molecule has 2 rings (SSSR count). The summed E-state index contributed by atoms with van der Waals surface area (Å²) >= 11 is 0. The first-order chi connectivity index (χ1) is 11.4. The third-order valence-corrected chi connectivity index (χ3v) is 4.11. The van der Waals surface area contributed by atoms with Crippen LogP contribution in [0, 0.1) is 6.92 Å². The summed E-state index contributed by atoms with van der Waals surface area (Å²) in [5.41, 5.74) is 5.33. The molecule has 0 radical (unpaired) electrons. The fourth-order valence-corrected chi connectivity index (χ4v) is 2.98. The Labute approximate surface area is 143 Å². The van der Waals surface area contributed by atoms with Crippen LogP contribution in [0.4, 0.5) is 4.79 Å². The van der Waals surface area contributed by atoms with Crippen molar-refractivity contribution in [3.63, 3.8) is 0 Å². The smallest absolute Gasteiger partial charge is 0.315 e. The minimum Gasteiger partial charge on any atom is -0.335 e. The highest BCUT2D eigenvalue weighted by Crippen LogP contribution is 2.15. The van der Waals surface area contributed by atoms with Gasteiger partial charge in [0.2, 0.25) is 0 Å². The molecule has 2 amide bonds. The van der Waals surface area contributed by atoms with Gasteiger partial charge in [-0.15, -0.1) is 0 Å². The van der Waals surface area contributed by atoms with E-state index in [-0.39, 0.29) is 12.1 Å². The van der Waals surface area contributed by atoms with E-state index in [1.807, 2.05) is 31.6 Å². The van der Waals surface area contributed by atoms with Gasteiger partial charge < -0.3 is 10.6 Å². The number of amides is 2. The maximum atomic E-state index is 12.2. The Hall–Kier alpha value is -2.31. The lowest BCUT2D eigenvalue weighted by atomic mass is 10.1. The second-order valence-corrected chi connectivity index (χ2v) is 6.18. The molecule has 2 aromatic heterocycles. The molecule has 0 saturated heterocycles. The molecule has 1 atom stereocenters. The molecule has 132 valence electrons. The van der Waals surface area contributed by atoms with Crippen LogP contribution < -0.4 is 10.6 Å². The molecule has 0 spiro atoms. The van der Waals surface area contributed by atoms with E-state index in [1.54, 1.807) is 0 Å². The predicted molar refractivity (Wildman–Crippen MR) is 93.8 cm³/mol. The highest BCUT2D eigenvalue weighted by molar-refractivity contribution is 5.74. The molecular weight excluding hydrogens is 304 g/mol. The van der Waals surface area contributed by atoms with E-state index >= 15 is 0 Å². The van der Waals surface area contributed by atoms with Gasteiger partial charge in [-0.25, -0.2) is 4.79 Å². The monoisotopic (exact) mass is 332 g/mol. The lowest BCUT2D eigenvalue weighted by Gasteiger charge is -2.14. The molecule has 3 N–H and O–H groups in total. The highest BCUT2D eigenvalue weighted by atomic mass is 16.2. The van der Waals surface area contributed by atoms with Gasteiger partial charge in [-0.3, -0.25) is 9.78 Å². The van der Waals surface area contributed by atoms with Crippen molar-refractivity contribution < 1.29 is 4.79 Å². The summed E-state index contributed by atoms with van der Waals surface area (Å²) in [4.78, 5) is 12.2. The van der Waals surface area contributed by atoms with Crippen LogP contribution in [0.25, 0.3) is 0 Å². The number of urea groups is 1. The number of aromatic nitrogens is 4. The Kier molecular flexibility index (Phi) is 6.00. The third-order valence-electron chi connectivity index (χ3n) is 4.11. The van der Waals surface area contributed by atoms with Crippen molar-refractivity contribution in [2.24, 2.45) is 7.05 Å². The van der Waals surface area contributed by atoms with Gasteiger partial charge >= 0.3 is 6.03 Å². The zero-order valence-corrected chi connectivity index (χ0v) is 15.2. The summed E-state index contributed by atoms with van der Waals surface area (Å²) in [6, 6.07) is 1.84. The molecule has 0 aliphatic heterocycles. The molecule has 7 heteroatoms. The SMILES string of the molecule is CCc1nn(C)c(CC)c1CNC(=O)N[C@@H](C)Cc1cc(C)[nH]n1. The molecule has 0 saturated carbocycles. The molecule has 0 unspecified atom stereocenters. The van der Waals surface area contributed by atoms with E-state index in [4.69, 9.17) is 0 Å². The van der Waals surface area contributed by atoms with Crippen molar-refractivity contribution in [1.29, 1.82) is 0 Å². The van der Waals surface area contributed by atoms with Crippen molar-refractivity contribution in [3.05, 3.63) is 34.4 Å². The number of hydrogen-bond acceptors (Lipinski definition) is 3. The number of nitrogens with one attached hydrogen (secondary N) is 3. The topological polar surface area (TPSA) is 87.6 Å². The standard InChI is InChI=1S/C17H28N6O/c1-6-15-14(16(7-2)23(5)22-15)10-18-17(24)19-11(3)8-13-9-12(4)20-21-13/h9,11H,6-8,10H2,1-5H3,(H,20,21)(H2,18,19,24)/t11-/m0/s1. The van der Waals surface area contributed by atoms with Gasteiger partial charge in [-0.2, -0.15) is 10.2 Å². The first-order valence-electron chi connectivity index (χ1n) is 8.53. The number of aryl methyl sites for hydroxylation is 3. The molecular formula is C17H28N6O. The maximum absolute atomic E-state index is 12.2. The highest BCUT2D eigenvalue weighted by Gasteiger charge is 2.15. The summed E-state index contributed by atoms with van der Waals surface area (Å²) in [5.74, 6) is 0. The zero-order valence-electron chi connectivity index (χ0n) is 15.2. The van der Waals surface area contributed by atoms with Gasteiger partial charge in [0.15, 0.2) is 0 Å². The molecule has 0 fully saturated rings. The predicted octanol–water partition coefficient (Wildman–Crippen LogP) is 2.01. The van der Waals surface area contributed by atoms with Gasteiger partial charge in [0, 0.05) is 43.0 Å². The lowest BCUT2D eigenvalue weighted by Crippen LogP contribution is -2.41. The molecule has 0 aliphatic carbocycles. The number of nitrogens with zero attached hydrogens (tertiary/aromatic N) is 3. The van der Waals surface area contributed by atoms with Gasteiger partial charge in [-0.05, 0) is 32.8 Å². The molecule has 0 aliphatic rings. The first kappa shape index (κ1) is 18.0. The normalized spacial score (nSPS) is 12.2. The van der Waals surface area contributed by atoms with E-state index < -0.39 is 0 Å². The Bertz CT molecular complexity index is 687. The summed E-state index contributed by atoms with van der Waals surface area (Å²) in [7, 11) is 1.95. The summed E-state index contributed by atoms with van der Waals surface area (Å²) in [6.07, 6.45) is 2.46. The van der Waals surface area contributed by atoms with Crippen LogP contribution in [0.5, 0.6) is 0 Å². The van der Waals surface area contributed by atoms with Gasteiger partial charge in [0.25, 0.3) is 0 Å². The van der Waals surface area contributed by atoms with Crippen molar-refractivity contribution in [2.75, 3.05) is 0 Å². The van der Waals surface area contributed by atoms with Crippen LogP contribution >= 0.6 is 0 Å². The Morgan fingerprint density at radius 3 is 2.71 bits per heavy atom. The van der Waals surface area contributed by atoms with E-state index in [1.165, 1.54) is 5.69 Å². The first-order valence-corrected chi connectivity index (χ1v) is 8.53. The average Bonchev–Trinajstić information content (AvgIpc) is 3.07. The van der Waals surface area contributed by atoms with Crippen molar-refractivity contribution in [1.82, 2.24) is 30.6 Å². The molecule has 24 heavy (non-hydrogen) atoms. The Morgan fingerprint density at radius 2 is 2.12 bits per heavy atom. The van der Waals surface area contributed by atoms with Crippen molar-refractivity contribution in [2.45, 2.75) is 59.5 Å². The fourth-order valence-electron chi connectivity index (χ4n) is 2.98. The quantitative estimate of drug-likeness (QED) is 0.725. The minimum absolute atomic E-state index is 0.0119. The minimum atomic E-state index is -0.164. The van der Waals surface area contributed by atoms with E-state index in [2.05, 4.69) is 39.8 Å². The maximum Gasteiger partial charge on any atom is 0.315 e. The number of H-pyrrole nitrogens is 1. The second kappa shape index (κ2) is 7.99. The second-order valence-electron chi connectivity index (χ2n) is 6.18. The Morgan fingerprint density at radius 1 is 1.38 bits per heavy atom. The zero-order chi connectivity index (χ0) is 17.7. The third kappa shape index (κ3) is 4.37. The van der Waals surface area contributed by atoms with Crippen LogP contribution in [0.2, 0.25) is 0 Å². The number of carbonyl (C=O) groups is 1. The van der Waals surface area contributed by atoms with Crippen LogP contribution in [0.3, 0.4) is 0 Å². The summed E-state index contributed by atoms with van der Waals surface area (Å²) in [5, 5.41) is 17.6. The molecule has 2 heterocycles. The van der Waals surface area contributed by atoms with Crippen molar-refractivity contribution in [3.8, 4) is 0 Å². The van der Waals surface area contributed by atoms with E-state index in [0.29, 0.717) is 13.0 Å². The van der Waals surface area contributed by atoms with Crippen molar-refractivity contribution >= 4 is 6.03 Å².